The average molecular weight is 186 g/mol. The second-order valence-corrected chi connectivity index (χ2v) is 3.11. The summed E-state index contributed by atoms with van der Waals surface area (Å²) in [5.74, 6) is 0. The molecule has 3 heteroatoms. The van der Waals surface area contributed by atoms with E-state index < -0.39 is 0 Å². The Bertz CT molecular complexity index is 502. The normalized spacial score (nSPS) is 10.1. The van der Waals surface area contributed by atoms with E-state index in [0.717, 1.165) is 17.0 Å². The maximum atomic E-state index is 11.1. The van der Waals surface area contributed by atoms with Crippen molar-refractivity contribution in [2.45, 2.75) is 6.92 Å². The fraction of sp³-hybridized carbons (Fsp3) is 0.0909. The lowest BCUT2D eigenvalue weighted by atomic mass is 10.2. The molecule has 0 aliphatic rings. The Morgan fingerprint density at radius 1 is 1.29 bits per heavy atom. The topological polar surface area (TPSA) is 45.8 Å². The van der Waals surface area contributed by atoms with Gasteiger partial charge >= 0.3 is 0 Å². The number of hydrogen-bond acceptors (Lipinski definition) is 2. The van der Waals surface area contributed by atoms with Crippen molar-refractivity contribution in [1.29, 1.82) is 0 Å². The van der Waals surface area contributed by atoms with E-state index >= 15 is 0 Å². The van der Waals surface area contributed by atoms with E-state index in [9.17, 15) is 4.79 Å². The Morgan fingerprint density at radius 2 is 2.14 bits per heavy atom. The van der Waals surface area contributed by atoms with Gasteiger partial charge < -0.3 is 4.98 Å². The largest absolute Gasteiger partial charge is 0.329 e. The van der Waals surface area contributed by atoms with Gasteiger partial charge in [0, 0.05) is 23.5 Å². The highest BCUT2D eigenvalue weighted by Gasteiger charge is 1.98. The number of aryl methyl sites for hydroxylation is 1. The number of nitrogens with zero attached hydrogens (tertiary/aromatic N) is 1. The first-order valence-electron chi connectivity index (χ1n) is 4.38. The van der Waals surface area contributed by atoms with Crippen LogP contribution in [0.15, 0.2) is 41.3 Å². The van der Waals surface area contributed by atoms with Crippen LogP contribution in [0.3, 0.4) is 0 Å². The lowest BCUT2D eigenvalue weighted by Crippen LogP contribution is -2.02. The van der Waals surface area contributed by atoms with E-state index in [2.05, 4.69) is 9.97 Å². The summed E-state index contributed by atoms with van der Waals surface area (Å²) in [6.07, 6.45) is 1.63. The molecule has 0 amide bonds. The number of aromatic nitrogens is 2. The molecule has 0 aliphatic carbocycles. The zero-order valence-corrected chi connectivity index (χ0v) is 7.82. The zero-order chi connectivity index (χ0) is 9.97. The molecule has 0 unspecified atom stereocenters. The summed E-state index contributed by atoms with van der Waals surface area (Å²) < 4.78 is 0. The van der Waals surface area contributed by atoms with Crippen LogP contribution in [0.2, 0.25) is 0 Å². The molecule has 0 aromatic carbocycles. The highest BCUT2D eigenvalue weighted by molar-refractivity contribution is 5.57. The SMILES string of the molecule is Cc1cccc(-c2cc[nH]c(=O)c2)n1. The number of nitrogens with one attached hydrogen (secondary N) is 1. The Hall–Kier alpha value is -1.90. The molecule has 2 aromatic heterocycles. The molecule has 2 rings (SSSR count). The van der Waals surface area contributed by atoms with Crippen molar-refractivity contribution in [1.82, 2.24) is 9.97 Å². The van der Waals surface area contributed by atoms with Crippen LogP contribution < -0.4 is 5.56 Å². The van der Waals surface area contributed by atoms with Crippen molar-refractivity contribution < 1.29 is 0 Å². The summed E-state index contributed by atoms with van der Waals surface area (Å²) in [5.41, 5.74) is 2.52. The molecular weight excluding hydrogens is 176 g/mol. The fourth-order valence-corrected chi connectivity index (χ4v) is 1.31. The van der Waals surface area contributed by atoms with E-state index in [0.29, 0.717) is 0 Å². The van der Waals surface area contributed by atoms with Crippen molar-refractivity contribution in [2.75, 3.05) is 0 Å². The van der Waals surface area contributed by atoms with Gasteiger partial charge in [-0.1, -0.05) is 6.07 Å². The van der Waals surface area contributed by atoms with Crippen molar-refractivity contribution in [3.63, 3.8) is 0 Å². The third-order valence-corrected chi connectivity index (χ3v) is 1.96. The highest BCUT2D eigenvalue weighted by Crippen LogP contribution is 2.13. The summed E-state index contributed by atoms with van der Waals surface area (Å²) >= 11 is 0. The van der Waals surface area contributed by atoms with E-state index in [1.165, 1.54) is 0 Å². The van der Waals surface area contributed by atoms with Gasteiger partial charge in [-0.15, -0.1) is 0 Å². The highest BCUT2D eigenvalue weighted by atomic mass is 16.1. The molecule has 70 valence electrons. The molecule has 1 N–H and O–H groups in total. The molecule has 2 aromatic rings. The van der Waals surface area contributed by atoms with Gasteiger partial charge in [-0.3, -0.25) is 9.78 Å². The second kappa shape index (κ2) is 3.46. The Labute approximate surface area is 81.5 Å². The maximum absolute atomic E-state index is 11.1. The summed E-state index contributed by atoms with van der Waals surface area (Å²) in [6, 6.07) is 9.13. The summed E-state index contributed by atoms with van der Waals surface area (Å²) in [7, 11) is 0. The molecule has 0 aliphatic heterocycles. The predicted molar refractivity (Wildman–Crippen MR) is 55.0 cm³/mol. The molecule has 3 nitrogen and oxygen atoms in total. The molecule has 0 bridgehead atoms. The molecule has 2 heterocycles. The predicted octanol–water partition coefficient (Wildman–Crippen LogP) is 1.75. The molecule has 0 spiro atoms. The van der Waals surface area contributed by atoms with Gasteiger partial charge in [-0.2, -0.15) is 0 Å². The van der Waals surface area contributed by atoms with E-state index in [4.69, 9.17) is 0 Å². The van der Waals surface area contributed by atoms with E-state index in [1.807, 2.05) is 31.2 Å². The van der Waals surface area contributed by atoms with Gasteiger partial charge in [0.25, 0.3) is 0 Å². The fourth-order valence-electron chi connectivity index (χ4n) is 1.31. The van der Waals surface area contributed by atoms with Crippen molar-refractivity contribution in [2.24, 2.45) is 0 Å². The minimum Gasteiger partial charge on any atom is -0.329 e. The quantitative estimate of drug-likeness (QED) is 0.737. The number of rotatable bonds is 1. The summed E-state index contributed by atoms with van der Waals surface area (Å²) in [5, 5.41) is 0. The van der Waals surface area contributed by atoms with Gasteiger partial charge in [0.2, 0.25) is 5.56 Å². The maximum Gasteiger partial charge on any atom is 0.248 e. The molecule has 0 atom stereocenters. The standard InChI is InChI=1S/C11H10N2O/c1-8-3-2-4-10(13-8)9-5-6-12-11(14)7-9/h2-7H,1H3,(H,12,14). The summed E-state index contributed by atoms with van der Waals surface area (Å²) in [4.78, 5) is 18.0. The first-order chi connectivity index (χ1) is 6.75. The number of pyridine rings is 2. The van der Waals surface area contributed by atoms with Gasteiger partial charge in [-0.05, 0) is 25.1 Å². The van der Waals surface area contributed by atoms with Crippen LogP contribution in [-0.4, -0.2) is 9.97 Å². The van der Waals surface area contributed by atoms with Crippen LogP contribution in [0.5, 0.6) is 0 Å². The Balaban J connectivity index is 2.55. The van der Waals surface area contributed by atoms with Crippen molar-refractivity contribution >= 4 is 0 Å². The van der Waals surface area contributed by atoms with Crippen LogP contribution in [0.1, 0.15) is 5.69 Å². The molecule has 0 saturated carbocycles. The number of aromatic amines is 1. The van der Waals surface area contributed by atoms with Gasteiger partial charge in [0.15, 0.2) is 0 Å². The van der Waals surface area contributed by atoms with Crippen molar-refractivity contribution in [3.05, 3.63) is 52.6 Å². The zero-order valence-electron chi connectivity index (χ0n) is 7.82. The molecule has 0 radical (unpaired) electrons. The lowest BCUT2D eigenvalue weighted by Gasteiger charge is -2.00. The molecular formula is C11H10N2O. The number of H-pyrrole nitrogens is 1. The van der Waals surface area contributed by atoms with Crippen LogP contribution in [-0.2, 0) is 0 Å². The second-order valence-electron chi connectivity index (χ2n) is 3.11. The third-order valence-electron chi connectivity index (χ3n) is 1.96. The molecule has 14 heavy (non-hydrogen) atoms. The van der Waals surface area contributed by atoms with Crippen LogP contribution in [0.25, 0.3) is 11.3 Å². The van der Waals surface area contributed by atoms with Crippen LogP contribution in [0, 0.1) is 6.92 Å². The third kappa shape index (κ3) is 1.71. The van der Waals surface area contributed by atoms with Crippen molar-refractivity contribution in [3.8, 4) is 11.3 Å². The minimum atomic E-state index is -0.106. The first kappa shape index (κ1) is 8.69. The average Bonchev–Trinajstić information content (AvgIpc) is 2.18. The van der Waals surface area contributed by atoms with Crippen LogP contribution >= 0.6 is 0 Å². The van der Waals surface area contributed by atoms with Crippen LogP contribution in [0.4, 0.5) is 0 Å². The molecule has 0 saturated heterocycles. The lowest BCUT2D eigenvalue weighted by molar-refractivity contribution is 1.19. The molecule has 0 fully saturated rings. The van der Waals surface area contributed by atoms with Gasteiger partial charge in [0.05, 0.1) is 5.69 Å². The monoisotopic (exact) mass is 186 g/mol. The van der Waals surface area contributed by atoms with Gasteiger partial charge in [0.1, 0.15) is 0 Å². The smallest absolute Gasteiger partial charge is 0.248 e. The van der Waals surface area contributed by atoms with E-state index in [1.54, 1.807) is 12.3 Å². The minimum absolute atomic E-state index is 0.106. The Kier molecular flexibility index (Phi) is 2.14. The van der Waals surface area contributed by atoms with E-state index in [-0.39, 0.29) is 5.56 Å². The van der Waals surface area contributed by atoms with Gasteiger partial charge in [-0.25, -0.2) is 0 Å². The Morgan fingerprint density at radius 3 is 2.86 bits per heavy atom. The number of hydrogen-bond donors (Lipinski definition) is 1. The summed E-state index contributed by atoms with van der Waals surface area (Å²) in [6.45, 7) is 1.93. The first-order valence-corrected chi connectivity index (χ1v) is 4.38.